The summed E-state index contributed by atoms with van der Waals surface area (Å²) in [6.07, 6.45) is 0. The molecule has 1 atom stereocenters. The number of aromatic carboxylic acids is 2. The van der Waals surface area contributed by atoms with Crippen LogP contribution in [0.15, 0.2) is 53.6 Å². The Morgan fingerprint density at radius 2 is 1.75 bits per heavy atom. The third-order valence-electron chi connectivity index (χ3n) is 4.34. The minimum atomic E-state index is -1.56. The predicted octanol–water partition coefficient (Wildman–Crippen LogP) is 3.28. The number of benzene rings is 2. The molecule has 0 aliphatic rings. The topological polar surface area (TPSA) is 115 Å². The fourth-order valence-corrected chi connectivity index (χ4v) is 3.89. The van der Waals surface area contributed by atoms with Crippen LogP contribution in [-0.4, -0.2) is 42.0 Å². The maximum Gasteiger partial charge on any atom is 0.359 e. The van der Waals surface area contributed by atoms with Crippen molar-refractivity contribution in [3.8, 4) is 22.5 Å². The van der Waals surface area contributed by atoms with Gasteiger partial charge in [0.1, 0.15) is 11.6 Å². The fraction of sp³-hybridized carbons (Fsp3) is 0.150. The van der Waals surface area contributed by atoms with Gasteiger partial charge in [0.15, 0.2) is 0 Å². The molecule has 7 nitrogen and oxygen atoms in total. The van der Waals surface area contributed by atoms with Gasteiger partial charge in [0.25, 0.3) is 5.03 Å². The van der Waals surface area contributed by atoms with Crippen molar-refractivity contribution in [3.63, 3.8) is 0 Å². The van der Waals surface area contributed by atoms with Gasteiger partial charge in [0, 0.05) is 23.8 Å². The summed E-state index contributed by atoms with van der Waals surface area (Å²) in [6, 6.07) is 13.9. The average molecular weight is 398 g/mol. The smallest absolute Gasteiger partial charge is 0.359 e. The number of rotatable bonds is 6. The molecule has 0 amide bonds. The van der Waals surface area contributed by atoms with Gasteiger partial charge in [-0.3, -0.25) is 0 Å². The van der Waals surface area contributed by atoms with Gasteiger partial charge in [0.05, 0.1) is 5.56 Å². The first kappa shape index (κ1) is 19.7. The lowest BCUT2D eigenvalue weighted by molar-refractivity contribution is 0.0676. The van der Waals surface area contributed by atoms with E-state index in [-0.39, 0.29) is 27.9 Å². The summed E-state index contributed by atoms with van der Waals surface area (Å²) in [5, 5.41) is 19.2. The van der Waals surface area contributed by atoms with E-state index in [4.69, 9.17) is 0 Å². The molecule has 28 heavy (non-hydrogen) atoms. The van der Waals surface area contributed by atoms with Crippen molar-refractivity contribution >= 4 is 23.1 Å². The lowest BCUT2D eigenvalue weighted by Gasteiger charge is -2.09. The summed E-state index contributed by atoms with van der Waals surface area (Å²) in [5.41, 5.74) is 1.63. The quantitative estimate of drug-likeness (QED) is 0.616. The van der Waals surface area contributed by atoms with E-state index in [2.05, 4.69) is 4.98 Å². The molecule has 8 heteroatoms. The van der Waals surface area contributed by atoms with Gasteiger partial charge in [-0.15, -0.1) is 0 Å². The molecule has 3 aromatic rings. The Balaban J connectivity index is 2.19. The number of hydrogen-bond donors (Lipinski definition) is 2. The molecule has 0 aliphatic heterocycles. The Morgan fingerprint density at radius 3 is 2.32 bits per heavy atom. The zero-order valence-electron chi connectivity index (χ0n) is 15.2. The van der Waals surface area contributed by atoms with Crippen LogP contribution < -0.4 is 0 Å². The normalized spacial score (nSPS) is 12.0. The standard InChI is InChI=1S/C20H18N2O5S/c1-3-28(27)18-16(20(25)26)22(2)17(21-18)13-9-10-14(15(11-13)19(23)24)12-7-5-4-6-8-12/h4-11H,3H2,1-2H3,(H,23,24)(H,25,26). The predicted molar refractivity (Wildman–Crippen MR) is 105 cm³/mol. The van der Waals surface area contributed by atoms with Crippen LogP contribution >= 0.6 is 0 Å². The molecule has 2 aromatic carbocycles. The largest absolute Gasteiger partial charge is 0.610 e. The second kappa shape index (κ2) is 7.87. The van der Waals surface area contributed by atoms with Crippen LogP contribution in [0.5, 0.6) is 0 Å². The summed E-state index contributed by atoms with van der Waals surface area (Å²) < 4.78 is 13.6. The van der Waals surface area contributed by atoms with E-state index < -0.39 is 23.1 Å². The van der Waals surface area contributed by atoms with Gasteiger partial charge < -0.3 is 19.3 Å². The van der Waals surface area contributed by atoms with Gasteiger partial charge in [-0.25, -0.2) is 9.59 Å². The van der Waals surface area contributed by atoms with Crippen LogP contribution in [0.1, 0.15) is 27.8 Å². The molecule has 0 bridgehead atoms. The van der Waals surface area contributed by atoms with Gasteiger partial charge in [-0.05, 0) is 24.1 Å². The molecular formula is C20H18N2O5S. The number of imidazole rings is 1. The zero-order chi connectivity index (χ0) is 20.4. The Bertz CT molecular complexity index is 1050. The van der Waals surface area contributed by atoms with Crippen molar-refractivity contribution in [3.05, 3.63) is 59.8 Å². The molecule has 144 valence electrons. The highest BCUT2D eigenvalue weighted by atomic mass is 32.2. The van der Waals surface area contributed by atoms with E-state index in [0.717, 1.165) is 5.56 Å². The molecule has 0 radical (unpaired) electrons. The molecule has 0 fully saturated rings. The van der Waals surface area contributed by atoms with E-state index in [9.17, 15) is 24.4 Å². The van der Waals surface area contributed by atoms with Crippen LogP contribution in [0, 0.1) is 0 Å². The molecule has 2 N–H and O–H groups in total. The highest BCUT2D eigenvalue weighted by Gasteiger charge is 2.29. The molecule has 1 heterocycles. The number of nitrogens with zero attached hydrogens (tertiary/aromatic N) is 2. The Kier molecular flexibility index (Phi) is 5.53. The lowest BCUT2D eigenvalue weighted by Crippen LogP contribution is -2.13. The van der Waals surface area contributed by atoms with Crippen LogP contribution in [0.2, 0.25) is 0 Å². The molecule has 1 unspecified atom stereocenters. The lowest BCUT2D eigenvalue weighted by atomic mass is 9.97. The highest BCUT2D eigenvalue weighted by Crippen LogP contribution is 2.30. The SMILES string of the molecule is CC[S+]([O-])c1nc(-c2ccc(-c3ccccc3)c(C(=O)O)c2)n(C)c1C(=O)O. The van der Waals surface area contributed by atoms with Crippen LogP contribution in [0.4, 0.5) is 0 Å². The van der Waals surface area contributed by atoms with Crippen molar-refractivity contribution in [2.24, 2.45) is 7.05 Å². The summed E-state index contributed by atoms with van der Waals surface area (Å²) in [5.74, 6) is -1.87. The minimum absolute atomic E-state index is 0.0171. The number of hydrogen-bond acceptors (Lipinski definition) is 4. The highest BCUT2D eigenvalue weighted by molar-refractivity contribution is 7.91. The first-order chi connectivity index (χ1) is 13.3. The average Bonchev–Trinajstić information content (AvgIpc) is 3.05. The molecule has 1 aromatic heterocycles. The van der Waals surface area contributed by atoms with Crippen LogP contribution in [-0.2, 0) is 18.2 Å². The van der Waals surface area contributed by atoms with E-state index in [1.807, 2.05) is 30.3 Å². The molecule has 0 saturated carbocycles. The van der Waals surface area contributed by atoms with Gasteiger partial charge in [0.2, 0.25) is 5.69 Å². The summed E-state index contributed by atoms with van der Waals surface area (Å²) in [4.78, 5) is 27.7. The van der Waals surface area contributed by atoms with Crippen molar-refractivity contribution in [2.45, 2.75) is 11.9 Å². The van der Waals surface area contributed by atoms with Gasteiger partial charge >= 0.3 is 11.9 Å². The summed E-state index contributed by atoms with van der Waals surface area (Å²) in [6.45, 7) is 1.67. The van der Waals surface area contributed by atoms with Crippen LogP contribution in [0.3, 0.4) is 0 Å². The van der Waals surface area contributed by atoms with E-state index in [1.54, 1.807) is 19.1 Å². The Labute approximate surface area is 164 Å². The van der Waals surface area contributed by atoms with Gasteiger partial charge in [-0.2, -0.15) is 4.98 Å². The molecule has 0 spiro atoms. The zero-order valence-corrected chi connectivity index (χ0v) is 16.1. The van der Waals surface area contributed by atoms with E-state index >= 15 is 0 Å². The summed E-state index contributed by atoms with van der Waals surface area (Å²) in [7, 11) is 1.51. The number of aromatic nitrogens is 2. The monoisotopic (exact) mass is 398 g/mol. The van der Waals surface area contributed by atoms with E-state index in [0.29, 0.717) is 11.1 Å². The first-order valence-electron chi connectivity index (χ1n) is 8.46. The number of carboxylic acid groups (broad SMARTS) is 2. The minimum Gasteiger partial charge on any atom is -0.610 e. The second-order valence-electron chi connectivity index (χ2n) is 6.02. The third kappa shape index (κ3) is 3.51. The fourth-order valence-electron chi connectivity index (χ4n) is 2.99. The molecule has 0 saturated heterocycles. The molecular weight excluding hydrogens is 380 g/mol. The Morgan fingerprint density at radius 1 is 1.07 bits per heavy atom. The maximum atomic E-state index is 12.2. The van der Waals surface area contributed by atoms with Crippen molar-refractivity contribution in [1.82, 2.24) is 9.55 Å². The number of carboxylic acids is 2. The molecule has 0 aliphatic carbocycles. The second-order valence-corrected chi connectivity index (χ2v) is 7.67. The Hall–Kier alpha value is -3.10. The maximum absolute atomic E-state index is 12.2. The van der Waals surface area contributed by atoms with Crippen molar-refractivity contribution < 1.29 is 24.4 Å². The van der Waals surface area contributed by atoms with Crippen molar-refractivity contribution in [1.29, 1.82) is 0 Å². The van der Waals surface area contributed by atoms with Crippen LogP contribution in [0.25, 0.3) is 22.5 Å². The summed E-state index contributed by atoms with van der Waals surface area (Å²) >= 11 is -1.56. The number of carbonyl (C=O) groups is 2. The van der Waals surface area contributed by atoms with Gasteiger partial charge in [-0.1, -0.05) is 42.5 Å². The first-order valence-corrected chi connectivity index (χ1v) is 9.78. The van der Waals surface area contributed by atoms with E-state index in [1.165, 1.54) is 17.7 Å². The molecule has 3 rings (SSSR count). The van der Waals surface area contributed by atoms with Crippen molar-refractivity contribution in [2.75, 3.05) is 5.75 Å². The third-order valence-corrected chi connectivity index (χ3v) is 5.58.